The number of hydrogen-bond acceptors (Lipinski definition) is 3. The van der Waals surface area contributed by atoms with Crippen LogP contribution < -0.4 is 5.32 Å². The molecule has 0 aromatic carbocycles. The highest BCUT2D eigenvalue weighted by molar-refractivity contribution is 5.98. The minimum atomic E-state index is -0.795. The van der Waals surface area contributed by atoms with Crippen LogP contribution in [0, 0.1) is 0 Å². The summed E-state index contributed by atoms with van der Waals surface area (Å²) in [7, 11) is 0. The quantitative estimate of drug-likeness (QED) is 0.427. The Morgan fingerprint density at radius 2 is 2.20 bits per heavy atom. The topological polar surface area (TPSA) is 55.4 Å². The molecule has 0 saturated carbocycles. The predicted molar refractivity (Wildman–Crippen MR) is 33.3 cm³/mol. The lowest BCUT2D eigenvalue weighted by molar-refractivity contribution is -0.138. The summed E-state index contributed by atoms with van der Waals surface area (Å²) in [5.74, 6) is -0.486. The standard InChI is InChI=1S/C6H9NO3/c1-3-6(2)4(8)10-5(9)7-6/h3H2,1-2H3,(H,7,9). The van der Waals surface area contributed by atoms with Crippen LogP contribution in [0.3, 0.4) is 0 Å². The molecule has 0 bridgehead atoms. The molecule has 1 aliphatic rings. The van der Waals surface area contributed by atoms with Gasteiger partial charge in [0.15, 0.2) is 0 Å². The van der Waals surface area contributed by atoms with Crippen molar-refractivity contribution in [1.82, 2.24) is 5.32 Å². The van der Waals surface area contributed by atoms with Gasteiger partial charge in [0.2, 0.25) is 0 Å². The Labute approximate surface area is 58.5 Å². The van der Waals surface area contributed by atoms with Crippen LogP contribution in [0.1, 0.15) is 20.3 Å². The van der Waals surface area contributed by atoms with Crippen molar-refractivity contribution in [1.29, 1.82) is 0 Å². The van der Waals surface area contributed by atoms with E-state index in [0.717, 1.165) is 0 Å². The summed E-state index contributed by atoms with van der Waals surface area (Å²) in [6.07, 6.45) is -0.0910. The number of amides is 1. The Hall–Kier alpha value is -1.06. The molecule has 0 spiro atoms. The number of esters is 1. The number of cyclic esters (lactones) is 2. The average molecular weight is 143 g/mol. The van der Waals surface area contributed by atoms with Gasteiger partial charge in [-0.25, -0.2) is 9.59 Å². The number of alkyl carbamates (subject to hydrolysis) is 1. The lowest BCUT2D eigenvalue weighted by atomic mass is 10.0. The second-order valence-corrected chi connectivity index (χ2v) is 2.49. The van der Waals surface area contributed by atoms with Crippen molar-refractivity contribution in [2.45, 2.75) is 25.8 Å². The highest BCUT2D eigenvalue weighted by atomic mass is 16.6. The van der Waals surface area contributed by atoms with Crippen LogP contribution in [0.25, 0.3) is 0 Å². The van der Waals surface area contributed by atoms with Crippen LogP contribution >= 0.6 is 0 Å². The van der Waals surface area contributed by atoms with Gasteiger partial charge in [-0.1, -0.05) is 6.92 Å². The van der Waals surface area contributed by atoms with Gasteiger partial charge in [-0.2, -0.15) is 0 Å². The molecular weight excluding hydrogens is 134 g/mol. The van der Waals surface area contributed by atoms with Crippen LogP contribution in [0.4, 0.5) is 4.79 Å². The fourth-order valence-corrected chi connectivity index (χ4v) is 0.731. The Balaban J connectivity index is 2.80. The minimum absolute atomic E-state index is 0.486. The number of hydrogen-bond donors (Lipinski definition) is 1. The van der Waals surface area contributed by atoms with E-state index in [0.29, 0.717) is 6.42 Å². The molecule has 1 aliphatic heterocycles. The minimum Gasteiger partial charge on any atom is -0.374 e. The van der Waals surface area contributed by atoms with Crippen molar-refractivity contribution in [3.63, 3.8) is 0 Å². The normalized spacial score (nSPS) is 31.8. The van der Waals surface area contributed by atoms with E-state index < -0.39 is 17.6 Å². The molecule has 0 aliphatic carbocycles. The lowest BCUT2D eigenvalue weighted by Crippen LogP contribution is -2.42. The second kappa shape index (κ2) is 1.97. The molecule has 0 aromatic heterocycles. The summed E-state index contributed by atoms with van der Waals surface area (Å²) in [6, 6.07) is 0. The van der Waals surface area contributed by atoms with Gasteiger partial charge in [-0.15, -0.1) is 0 Å². The summed E-state index contributed by atoms with van der Waals surface area (Å²) in [5.41, 5.74) is -0.795. The Kier molecular flexibility index (Phi) is 1.39. The van der Waals surface area contributed by atoms with Crippen molar-refractivity contribution in [3.05, 3.63) is 0 Å². The van der Waals surface area contributed by atoms with Crippen molar-refractivity contribution >= 4 is 12.1 Å². The van der Waals surface area contributed by atoms with E-state index in [4.69, 9.17) is 0 Å². The first kappa shape index (κ1) is 7.05. The molecule has 1 heterocycles. The molecule has 1 amide bonds. The zero-order valence-electron chi connectivity index (χ0n) is 5.93. The molecule has 1 fully saturated rings. The summed E-state index contributed by atoms with van der Waals surface area (Å²) >= 11 is 0. The first-order chi connectivity index (χ1) is 4.58. The number of nitrogens with one attached hydrogen (secondary N) is 1. The van der Waals surface area contributed by atoms with Gasteiger partial charge >= 0.3 is 12.1 Å². The third kappa shape index (κ3) is 0.853. The van der Waals surface area contributed by atoms with Crippen molar-refractivity contribution in [2.75, 3.05) is 0 Å². The molecule has 1 saturated heterocycles. The molecule has 1 rings (SSSR count). The third-order valence-electron chi connectivity index (χ3n) is 1.72. The van der Waals surface area contributed by atoms with Crippen molar-refractivity contribution in [3.8, 4) is 0 Å². The van der Waals surface area contributed by atoms with E-state index in [-0.39, 0.29) is 0 Å². The summed E-state index contributed by atoms with van der Waals surface area (Å²) < 4.78 is 4.28. The smallest absolute Gasteiger partial charge is 0.374 e. The van der Waals surface area contributed by atoms with Gasteiger partial charge in [0.05, 0.1) is 0 Å². The van der Waals surface area contributed by atoms with Gasteiger partial charge in [0, 0.05) is 0 Å². The average Bonchev–Trinajstić information content (AvgIpc) is 2.09. The maximum absolute atomic E-state index is 10.8. The Morgan fingerprint density at radius 1 is 1.60 bits per heavy atom. The van der Waals surface area contributed by atoms with Crippen molar-refractivity contribution < 1.29 is 14.3 Å². The molecule has 56 valence electrons. The maximum Gasteiger partial charge on any atom is 0.415 e. The van der Waals surface area contributed by atoms with E-state index in [2.05, 4.69) is 10.1 Å². The number of carbonyl (C=O) groups is 2. The Morgan fingerprint density at radius 3 is 2.40 bits per heavy atom. The van der Waals surface area contributed by atoms with Gasteiger partial charge in [0.25, 0.3) is 0 Å². The van der Waals surface area contributed by atoms with E-state index in [9.17, 15) is 9.59 Å². The molecule has 0 aromatic rings. The van der Waals surface area contributed by atoms with Crippen LogP contribution in [-0.2, 0) is 9.53 Å². The van der Waals surface area contributed by atoms with Gasteiger partial charge in [-0.3, -0.25) is 0 Å². The summed E-state index contributed by atoms with van der Waals surface area (Å²) in [5, 5.41) is 2.42. The molecule has 4 nitrogen and oxygen atoms in total. The zero-order chi connectivity index (χ0) is 7.78. The Bertz CT molecular complexity index is 189. The van der Waals surface area contributed by atoms with E-state index in [1.54, 1.807) is 6.92 Å². The molecule has 1 unspecified atom stereocenters. The van der Waals surface area contributed by atoms with Crippen LogP contribution in [-0.4, -0.2) is 17.6 Å². The monoisotopic (exact) mass is 143 g/mol. The number of rotatable bonds is 1. The lowest BCUT2D eigenvalue weighted by Gasteiger charge is -2.14. The second-order valence-electron chi connectivity index (χ2n) is 2.49. The third-order valence-corrected chi connectivity index (χ3v) is 1.72. The van der Waals surface area contributed by atoms with Gasteiger partial charge in [-0.05, 0) is 13.3 Å². The molecule has 0 radical (unpaired) electrons. The zero-order valence-corrected chi connectivity index (χ0v) is 5.93. The predicted octanol–water partition coefficient (Wildman–Crippen LogP) is 0.422. The molecule has 1 atom stereocenters. The first-order valence-corrected chi connectivity index (χ1v) is 3.13. The van der Waals surface area contributed by atoms with E-state index in [1.807, 2.05) is 6.92 Å². The fourth-order valence-electron chi connectivity index (χ4n) is 0.731. The van der Waals surface area contributed by atoms with Crippen molar-refractivity contribution in [2.24, 2.45) is 0 Å². The largest absolute Gasteiger partial charge is 0.415 e. The molecular formula is C6H9NO3. The first-order valence-electron chi connectivity index (χ1n) is 3.13. The molecule has 10 heavy (non-hydrogen) atoms. The van der Waals surface area contributed by atoms with Crippen LogP contribution in [0.15, 0.2) is 0 Å². The highest BCUT2D eigenvalue weighted by Gasteiger charge is 2.42. The summed E-state index contributed by atoms with van der Waals surface area (Å²) in [6.45, 7) is 3.45. The van der Waals surface area contributed by atoms with Gasteiger partial charge < -0.3 is 10.1 Å². The maximum atomic E-state index is 10.8. The SMILES string of the molecule is CCC1(C)NC(=O)OC1=O. The number of ether oxygens (including phenoxy) is 1. The molecule has 1 N–H and O–H groups in total. The van der Waals surface area contributed by atoms with E-state index in [1.165, 1.54) is 0 Å². The summed E-state index contributed by atoms with van der Waals surface area (Å²) in [4.78, 5) is 21.3. The fraction of sp³-hybridized carbons (Fsp3) is 0.667. The van der Waals surface area contributed by atoms with E-state index >= 15 is 0 Å². The molecule has 4 heteroatoms. The van der Waals surface area contributed by atoms with Crippen LogP contribution in [0.5, 0.6) is 0 Å². The highest BCUT2D eigenvalue weighted by Crippen LogP contribution is 2.16. The van der Waals surface area contributed by atoms with Crippen LogP contribution in [0.2, 0.25) is 0 Å². The van der Waals surface area contributed by atoms with Gasteiger partial charge in [0.1, 0.15) is 5.54 Å². The number of carbonyl (C=O) groups excluding carboxylic acids is 2.